The van der Waals surface area contributed by atoms with Gasteiger partial charge in [-0.25, -0.2) is 0 Å². The van der Waals surface area contributed by atoms with Gasteiger partial charge >= 0.3 is 0 Å². The summed E-state index contributed by atoms with van der Waals surface area (Å²) in [5.74, 6) is 0.545. The second kappa shape index (κ2) is 13.2. The van der Waals surface area contributed by atoms with Crippen molar-refractivity contribution in [2.24, 2.45) is 0 Å². The average molecular weight is 511 g/mol. The minimum atomic E-state index is -0.581. The van der Waals surface area contributed by atoms with E-state index in [-0.39, 0.29) is 23.2 Å². The number of nitrogens with one attached hydrogen (secondary N) is 3. The largest absolute Gasteiger partial charge is 0.490 e. The van der Waals surface area contributed by atoms with Crippen molar-refractivity contribution >= 4 is 34.8 Å². The Morgan fingerprint density at radius 2 is 1.33 bits per heavy atom. The lowest BCUT2D eigenvalue weighted by Crippen LogP contribution is -2.49. The van der Waals surface area contributed by atoms with Gasteiger partial charge in [-0.15, -0.1) is 0 Å². The van der Waals surface area contributed by atoms with Gasteiger partial charge in [0.1, 0.15) is 30.5 Å². The number of nitro benzene ring substituents is 1. The van der Waals surface area contributed by atoms with Crippen molar-refractivity contribution in [2.45, 2.75) is 0 Å². The van der Waals surface area contributed by atoms with Crippen molar-refractivity contribution in [2.75, 3.05) is 19.8 Å². The van der Waals surface area contributed by atoms with Crippen LogP contribution in [0.3, 0.4) is 0 Å². The number of nitro groups is 1. The molecule has 3 aromatic rings. The molecule has 2 amide bonds. The molecule has 0 aliphatic carbocycles. The van der Waals surface area contributed by atoms with Gasteiger partial charge in [0.2, 0.25) is 0 Å². The highest BCUT2D eigenvalue weighted by Gasteiger charge is 2.10. The Labute approximate surface area is 211 Å². The first-order chi connectivity index (χ1) is 17.4. The Morgan fingerprint density at radius 3 is 1.94 bits per heavy atom. The number of nitrogens with zero attached hydrogens (tertiary/aromatic N) is 1. The van der Waals surface area contributed by atoms with Gasteiger partial charge in [0.15, 0.2) is 11.7 Å². The zero-order valence-electron chi connectivity index (χ0n) is 18.8. The van der Waals surface area contributed by atoms with Crippen molar-refractivity contribution in [1.82, 2.24) is 16.2 Å². The highest BCUT2D eigenvalue weighted by molar-refractivity contribution is 7.80. The molecule has 0 bridgehead atoms. The molecule has 12 heteroatoms. The maximum absolute atomic E-state index is 12.3. The third kappa shape index (κ3) is 8.57. The number of para-hydroxylation sites is 1. The standard InChI is InChI=1S/C24H22N4O7S/c29-22(16-35-21-12-8-18(9-13-21)28(31)32)26-27-24(36)25-23(30)17-6-10-20(11-7-17)34-15-14-33-19-4-2-1-3-5-19/h1-13H,14-16H2,(H,26,29)(H2,25,27,30,36). The Hall–Kier alpha value is -4.71. The van der Waals surface area contributed by atoms with Crippen LogP contribution in [0.4, 0.5) is 5.69 Å². The molecule has 0 aromatic heterocycles. The lowest BCUT2D eigenvalue weighted by Gasteiger charge is -2.12. The molecule has 0 unspecified atom stereocenters. The third-order valence-electron chi connectivity index (χ3n) is 4.44. The first-order valence-electron chi connectivity index (χ1n) is 10.6. The van der Waals surface area contributed by atoms with E-state index in [1.807, 2.05) is 30.3 Å². The number of ether oxygens (including phenoxy) is 3. The van der Waals surface area contributed by atoms with E-state index in [9.17, 15) is 19.7 Å². The summed E-state index contributed by atoms with van der Waals surface area (Å²) in [5, 5.41) is 12.9. The molecule has 11 nitrogen and oxygen atoms in total. The van der Waals surface area contributed by atoms with E-state index in [4.69, 9.17) is 26.4 Å². The first-order valence-corrected chi connectivity index (χ1v) is 11.0. The summed E-state index contributed by atoms with van der Waals surface area (Å²) >= 11 is 5.00. The van der Waals surface area contributed by atoms with E-state index >= 15 is 0 Å². The molecule has 0 saturated carbocycles. The third-order valence-corrected chi connectivity index (χ3v) is 4.64. The number of hydrazine groups is 1. The number of thiocarbonyl (C=S) groups is 1. The molecule has 3 N–H and O–H groups in total. The van der Waals surface area contributed by atoms with E-state index in [1.165, 1.54) is 24.3 Å². The van der Waals surface area contributed by atoms with Gasteiger partial charge < -0.3 is 14.2 Å². The molecular weight excluding hydrogens is 488 g/mol. The van der Waals surface area contributed by atoms with Gasteiger partial charge in [-0.2, -0.15) is 0 Å². The quantitative estimate of drug-likeness (QED) is 0.162. The van der Waals surface area contributed by atoms with E-state index < -0.39 is 16.7 Å². The fraction of sp³-hybridized carbons (Fsp3) is 0.125. The molecule has 0 atom stereocenters. The summed E-state index contributed by atoms with van der Waals surface area (Å²) in [6.45, 7) is 0.331. The topological polar surface area (TPSA) is 141 Å². The van der Waals surface area contributed by atoms with Crippen LogP contribution in [0.1, 0.15) is 10.4 Å². The number of hydrogen-bond donors (Lipinski definition) is 3. The van der Waals surface area contributed by atoms with Crippen LogP contribution < -0.4 is 30.4 Å². The van der Waals surface area contributed by atoms with Gasteiger partial charge in [-0.3, -0.25) is 35.9 Å². The van der Waals surface area contributed by atoms with Crippen molar-refractivity contribution in [1.29, 1.82) is 0 Å². The monoisotopic (exact) mass is 510 g/mol. The normalized spacial score (nSPS) is 10.0. The second-order valence-electron chi connectivity index (χ2n) is 7.03. The highest BCUT2D eigenvalue weighted by atomic mass is 32.1. The van der Waals surface area contributed by atoms with Crippen molar-refractivity contribution < 1.29 is 28.7 Å². The summed E-state index contributed by atoms with van der Waals surface area (Å²) in [5.41, 5.74) is 4.91. The number of rotatable bonds is 10. The predicted octanol–water partition coefficient (Wildman–Crippen LogP) is 2.77. The fourth-order valence-electron chi connectivity index (χ4n) is 2.72. The molecule has 0 spiro atoms. The lowest BCUT2D eigenvalue weighted by molar-refractivity contribution is -0.384. The van der Waals surface area contributed by atoms with Crippen molar-refractivity contribution in [3.63, 3.8) is 0 Å². The Morgan fingerprint density at radius 1 is 0.778 bits per heavy atom. The molecule has 0 heterocycles. The summed E-state index contributed by atoms with van der Waals surface area (Å²) in [4.78, 5) is 34.3. The first kappa shape index (κ1) is 25.9. The van der Waals surface area contributed by atoms with Crippen LogP contribution in [-0.2, 0) is 4.79 Å². The van der Waals surface area contributed by atoms with Gasteiger partial charge in [0, 0.05) is 17.7 Å². The van der Waals surface area contributed by atoms with Crippen LogP contribution in [0, 0.1) is 10.1 Å². The number of carbonyl (C=O) groups excluding carboxylic acids is 2. The molecular formula is C24H22N4O7S. The molecule has 0 fully saturated rings. The Kier molecular flexibility index (Phi) is 9.53. The summed E-state index contributed by atoms with van der Waals surface area (Å²) < 4.78 is 16.4. The maximum Gasteiger partial charge on any atom is 0.276 e. The summed E-state index contributed by atoms with van der Waals surface area (Å²) in [6, 6.07) is 21.1. The number of benzene rings is 3. The zero-order chi connectivity index (χ0) is 25.8. The van der Waals surface area contributed by atoms with Crippen LogP contribution in [0.15, 0.2) is 78.9 Å². The van der Waals surface area contributed by atoms with E-state index in [0.717, 1.165) is 5.75 Å². The van der Waals surface area contributed by atoms with Gasteiger partial charge in [0.05, 0.1) is 4.92 Å². The van der Waals surface area contributed by atoms with E-state index in [1.54, 1.807) is 24.3 Å². The Bertz CT molecular complexity index is 1190. The van der Waals surface area contributed by atoms with E-state index in [0.29, 0.717) is 24.5 Å². The van der Waals surface area contributed by atoms with Crippen LogP contribution >= 0.6 is 12.2 Å². The summed E-state index contributed by atoms with van der Waals surface area (Å²) in [6.07, 6.45) is 0. The van der Waals surface area contributed by atoms with Crippen LogP contribution in [-0.4, -0.2) is 41.7 Å². The number of non-ortho nitro benzene ring substituents is 1. The highest BCUT2D eigenvalue weighted by Crippen LogP contribution is 2.17. The molecule has 0 aliphatic rings. The van der Waals surface area contributed by atoms with Gasteiger partial charge in [-0.05, 0) is 60.7 Å². The minimum Gasteiger partial charge on any atom is -0.490 e. The maximum atomic E-state index is 12.3. The zero-order valence-corrected chi connectivity index (χ0v) is 19.7. The van der Waals surface area contributed by atoms with Crippen molar-refractivity contribution in [3.05, 3.63) is 94.5 Å². The van der Waals surface area contributed by atoms with Gasteiger partial charge in [0.25, 0.3) is 17.5 Å². The number of carbonyl (C=O) groups is 2. The molecule has 186 valence electrons. The molecule has 3 aromatic carbocycles. The van der Waals surface area contributed by atoms with Gasteiger partial charge in [-0.1, -0.05) is 18.2 Å². The second-order valence-corrected chi connectivity index (χ2v) is 7.44. The predicted molar refractivity (Wildman–Crippen MR) is 134 cm³/mol. The minimum absolute atomic E-state index is 0.0924. The van der Waals surface area contributed by atoms with Crippen LogP contribution in [0.5, 0.6) is 17.2 Å². The smallest absolute Gasteiger partial charge is 0.276 e. The van der Waals surface area contributed by atoms with Crippen LogP contribution in [0.25, 0.3) is 0 Å². The van der Waals surface area contributed by atoms with Crippen LogP contribution in [0.2, 0.25) is 0 Å². The average Bonchev–Trinajstić information content (AvgIpc) is 2.90. The molecule has 0 saturated heterocycles. The fourth-order valence-corrected chi connectivity index (χ4v) is 2.86. The SMILES string of the molecule is O=C(COc1ccc([N+](=O)[O-])cc1)NNC(=S)NC(=O)c1ccc(OCCOc2ccccc2)cc1. The molecule has 0 aliphatic heterocycles. The Balaban J connectivity index is 1.33. The number of hydrogen-bond acceptors (Lipinski definition) is 8. The molecule has 3 rings (SSSR count). The summed E-state index contributed by atoms with van der Waals surface area (Å²) in [7, 11) is 0. The van der Waals surface area contributed by atoms with Crippen molar-refractivity contribution in [3.8, 4) is 17.2 Å². The molecule has 36 heavy (non-hydrogen) atoms. The lowest BCUT2D eigenvalue weighted by atomic mass is 10.2. The van der Waals surface area contributed by atoms with E-state index in [2.05, 4.69) is 16.2 Å². The number of amides is 2. The molecule has 0 radical (unpaired) electrons.